The van der Waals surface area contributed by atoms with Gasteiger partial charge < -0.3 is 10.2 Å². The molecule has 1 heterocycles. The molecule has 1 fully saturated rings. The van der Waals surface area contributed by atoms with Crippen LogP contribution in [0.2, 0.25) is 0 Å². The van der Waals surface area contributed by atoms with E-state index >= 15 is 0 Å². The number of carbonyl (C=O) groups is 2. The number of Topliss-reactive ketones (excluding diaryl/α,β-unsaturated/α-hetero) is 1. The molecule has 4 heteroatoms. The molecule has 1 aromatic carbocycles. The maximum absolute atomic E-state index is 12.4. The number of benzene rings is 1. The van der Waals surface area contributed by atoms with Crippen LogP contribution in [-0.4, -0.2) is 30.8 Å². The summed E-state index contributed by atoms with van der Waals surface area (Å²) in [7, 11) is 0. The minimum absolute atomic E-state index is 0.0342. The van der Waals surface area contributed by atoms with E-state index < -0.39 is 0 Å². The van der Waals surface area contributed by atoms with Crippen molar-refractivity contribution in [2.45, 2.75) is 40.2 Å². The van der Waals surface area contributed by atoms with Gasteiger partial charge in [0.2, 0.25) is 0 Å². The second-order valence-electron chi connectivity index (χ2n) is 6.86. The van der Waals surface area contributed by atoms with Crippen LogP contribution in [0, 0.1) is 11.8 Å². The van der Waals surface area contributed by atoms with Crippen molar-refractivity contribution in [2.24, 2.45) is 11.8 Å². The normalized spacial score (nSPS) is 26.3. The Labute approximate surface area is 132 Å². The molecule has 1 amide bonds. The zero-order valence-corrected chi connectivity index (χ0v) is 14.0. The van der Waals surface area contributed by atoms with Crippen LogP contribution in [-0.2, 0) is 4.79 Å². The molecule has 1 aliphatic rings. The summed E-state index contributed by atoms with van der Waals surface area (Å²) in [4.78, 5) is 25.1. The Bertz CT molecular complexity index is 529. The van der Waals surface area contributed by atoms with Gasteiger partial charge in [-0.2, -0.15) is 0 Å². The second kappa shape index (κ2) is 7.05. The Morgan fingerprint density at radius 2 is 1.68 bits per heavy atom. The van der Waals surface area contributed by atoms with E-state index in [1.807, 2.05) is 6.92 Å². The highest BCUT2D eigenvalue weighted by Crippen LogP contribution is 2.13. The summed E-state index contributed by atoms with van der Waals surface area (Å²) >= 11 is 0. The van der Waals surface area contributed by atoms with Crippen LogP contribution < -0.4 is 10.2 Å². The lowest BCUT2D eigenvalue weighted by atomic mass is 9.91. The maximum Gasteiger partial charge on any atom is 0.282 e. The fourth-order valence-electron chi connectivity index (χ4n) is 3.41. The van der Waals surface area contributed by atoms with Gasteiger partial charge in [0.05, 0.1) is 13.1 Å². The molecule has 0 bridgehead atoms. The summed E-state index contributed by atoms with van der Waals surface area (Å²) < 4.78 is 0. The number of anilines is 1. The Morgan fingerprint density at radius 1 is 1.14 bits per heavy atom. The lowest BCUT2D eigenvalue weighted by Crippen LogP contribution is -3.18. The molecule has 1 aromatic rings. The maximum atomic E-state index is 12.4. The molecule has 0 saturated carbocycles. The third-order valence-corrected chi connectivity index (χ3v) is 4.59. The number of quaternary nitrogens is 1. The molecule has 1 aliphatic heterocycles. The first-order chi connectivity index (χ1) is 10.4. The van der Waals surface area contributed by atoms with Crippen molar-refractivity contribution in [1.82, 2.24) is 0 Å². The van der Waals surface area contributed by atoms with Crippen molar-refractivity contribution in [3.05, 3.63) is 29.8 Å². The summed E-state index contributed by atoms with van der Waals surface area (Å²) in [6.45, 7) is 10.2. The van der Waals surface area contributed by atoms with Gasteiger partial charge in [-0.3, -0.25) is 9.59 Å². The highest BCUT2D eigenvalue weighted by Gasteiger charge is 2.32. The summed E-state index contributed by atoms with van der Waals surface area (Å²) in [5.41, 5.74) is 1.41. The molecular weight excluding hydrogens is 276 g/mol. The summed E-state index contributed by atoms with van der Waals surface area (Å²) in [6.07, 6.45) is 1.25. The van der Waals surface area contributed by atoms with Gasteiger partial charge in [0.25, 0.3) is 5.91 Å². The fraction of sp³-hybridized carbons (Fsp3) is 0.556. The number of hydrogen-bond donors (Lipinski definition) is 2. The predicted octanol–water partition coefficient (Wildman–Crippen LogP) is 1.78. The quantitative estimate of drug-likeness (QED) is 0.833. The SMILES string of the molecule is CC(=O)c1ccc(NC(=O)[C@H](C)[NH+]2C[C@H](C)C[C@H](C)C2)cc1. The van der Waals surface area contributed by atoms with E-state index in [1.54, 1.807) is 24.3 Å². The van der Waals surface area contributed by atoms with Gasteiger partial charge >= 0.3 is 0 Å². The molecule has 2 rings (SSSR count). The number of hydrogen-bond acceptors (Lipinski definition) is 2. The molecule has 4 atom stereocenters. The molecule has 0 radical (unpaired) electrons. The van der Waals surface area contributed by atoms with Gasteiger partial charge in [-0.25, -0.2) is 0 Å². The van der Waals surface area contributed by atoms with Crippen molar-refractivity contribution >= 4 is 17.4 Å². The fourth-order valence-corrected chi connectivity index (χ4v) is 3.41. The van der Waals surface area contributed by atoms with Crippen LogP contribution in [0.4, 0.5) is 5.69 Å². The lowest BCUT2D eigenvalue weighted by Gasteiger charge is -2.35. The highest BCUT2D eigenvalue weighted by molar-refractivity contribution is 5.96. The van der Waals surface area contributed by atoms with E-state index in [2.05, 4.69) is 19.2 Å². The van der Waals surface area contributed by atoms with Crippen LogP contribution in [0.3, 0.4) is 0 Å². The Morgan fingerprint density at radius 3 is 2.18 bits per heavy atom. The number of amides is 1. The van der Waals surface area contributed by atoms with Crippen molar-refractivity contribution in [3.8, 4) is 0 Å². The lowest BCUT2D eigenvalue weighted by molar-refractivity contribution is -0.925. The van der Waals surface area contributed by atoms with Crippen molar-refractivity contribution in [3.63, 3.8) is 0 Å². The predicted molar refractivity (Wildman–Crippen MR) is 88.2 cm³/mol. The molecule has 4 nitrogen and oxygen atoms in total. The Hall–Kier alpha value is -1.68. The number of nitrogens with one attached hydrogen (secondary N) is 2. The molecule has 0 spiro atoms. The van der Waals surface area contributed by atoms with Crippen molar-refractivity contribution < 1.29 is 14.5 Å². The van der Waals surface area contributed by atoms with E-state index in [-0.39, 0.29) is 17.7 Å². The largest absolute Gasteiger partial charge is 0.324 e. The number of piperidine rings is 1. The molecule has 1 unspecified atom stereocenters. The van der Waals surface area contributed by atoms with Crippen molar-refractivity contribution in [2.75, 3.05) is 18.4 Å². The van der Waals surface area contributed by atoms with Crippen molar-refractivity contribution in [1.29, 1.82) is 0 Å². The monoisotopic (exact) mass is 303 g/mol. The van der Waals surface area contributed by atoms with Gasteiger partial charge in [-0.15, -0.1) is 0 Å². The molecular formula is C18H27N2O2+. The number of ketones is 1. The van der Waals surface area contributed by atoms with Gasteiger partial charge in [0.1, 0.15) is 0 Å². The Balaban J connectivity index is 1.97. The van der Waals surface area contributed by atoms with Gasteiger partial charge in [0, 0.05) is 23.1 Å². The number of carbonyl (C=O) groups excluding carboxylic acids is 2. The van der Waals surface area contributed by atoms with Crippen LogP contribution in [0.25, 0.3) is 0 Å². The van der Waals surface area contributed by atoms with Crippen LogP contribution in [0.5, 0.6) is 0 Å². The van der Waals surface area contributed by atoms with E-state index in [0.717, 1.165) is 18.8 Å². The minimum Gasteiger partial charge on any atom is -0.324 e. The van der Waals surface area contributed by atoms with Gasteiger partial charge in [-0.1, -0.05) is 13.8 Å². The molecule has 2 N–H and O–H groups in total. The summed E-state index contributed by atoms with van der Waals surface area (Å²) in [6, 6.07) is 7.02. The smallest absolute Gasteiger partial charge is 0.282 e. The summed E-state index contributed by atoms with van der Waals surface area (Å²) in [5, 5.41) is 2.96. The van der Waals surface area contributed by atoms with Crippen LogP contribution in [0.15, 0.2) is 24.3 Å². The molecule has 0 aliphatic carbocycles. The van der Waals surface area contributed by atoms with E-state index in [4.69, 9.17) is 0 Å². The zero-order valence-electron chi connectivity index (χ0n) is 14.0. The standard InChI is InChI=1S/C18H26N2O2/c1-12-9-13(2)11-20(10-12)14(3)18(22)19-17-7-5-16(6-8-17)15(4)21/h5-8,12-14H,9-11H2,1-4H3,(H,19,22)/p+1/t12-,13+,14-/m0/s1. The molecule has 1 saturated heterocycles. The molecule has 22 heavy (non-hydrogen) atoms. The summed E-state index contributed by atoms with van der Waals surface area (Å²) in [5.74, 6) is 1.42. The third-order valence-electron chi connectivity index (χ3n) is 4.59. The van der Waals surface area contributed by atoms with E-state index in [0.29, 0.717) is 17.4 Å². The van der Waals surface area contributed by atoms with Crippen LogP contribution >= 0.6 is 0 Å². The number of rotatable bonds is 4. The third kappa shape index (κ3) is 4.17. The van der Waals surface area contributed by atoms with Gasteiger partial charge in [-0.05, 0) is 44.5 Å². The van der Waals surface area contributed by atoms with E-state index in [1.165, 1.54) is 18.2 Å². The average Bonchev–Trinajstić information content (AvgIpc) is 2.46. The zero-order chi connectivity index (χ0) is 16.3. The van der Waals surface area contributed by atoms with Gasteiger partial charge in [0.15, 0.2) is 11.8 Å². The first-order valence-electron chi connectivity index (χ1n) is 8.13. The van der Waals surface area contributed by atoms with E-state index in [9.17, 15) is 9.59 Å². The van der Waals surface area contributed by atoms with Crippen LogP contribution in [0.1, 0.15) is 44.5 Å². The minimum atomic E-state index is -0.0577. The first-order valence-corrected chi connectivity index (χ1v) is 8.13. The molecule has 0 aromatic heterocycles. The highest BCUT2D eigenvalue weighted by atomic mass is 16.2. The molecule has 120 valence electrons. The topological polar surface area (TPSA) is 50.6 Å². The Kier molecular flexibility index (Phi) is 5.35. The first kappa shape index (κ1) is 16.7. The number of likely N-dealkylation sites (tertiary alicyclic amines) is 1. The second-order valence-corrected chi connectivity index (χ2v) is 6.86. The average molecular weight is 303 g/mol.